The van der Waals surface area contributed by atoms with E-state index < -0.39 is 0 Å². The Morgan fingerprint density at radius 1 is 0.556 bits per heavy atom. The summed E-state index contributed by atoms with van der Waals surface area (Å²) in [6, 6.07) is 6.92. The smallest absolute Gasteiger partial charge is 0.251 e. The van der Waals surface area contributed by atoms with Crippen LogP contribution in [0.4, 0.5) is 0 Å². The number of carbonyl (C=O) groups is 2. The summed E-state index contributed by atoms with van der Waals surface area (Å²) in [4.78, 5) is 29.4. The van der Waals surface area contributed by atoms with Crippen LogP contribution in [0.25, 0.3) is 0 Å². The molecule has 36 heavy (non-hydrogen) atoms. The zero-order valence-corrected chi connectivity index (χ0v) is 23.7. The minimum Gasteiger partial charge on any atom is -0.351 e. The van der Waals surface area contributed by atoms with Gasteiger partial charge in [0.2, 0.25) is 0 Å². The predicted octanol–water partition coefficient (Wildman–Crippen LogP) is 5.73. The number of carbonyl (C=O) groups excluding carboxylic acids is 2. The van der Waals surface area contributed by atoms with Crippen molar-refractivity contribution in [1.82, 2.24) is 20.4 Å². The van der Waals surface area contributed by atoms with Gasteiger partial charge in [-0.2, -0.15) is 0 Å². The Labute approximate surface area is 221 Å². The molecular weight excluding hydrogens is 448 g/mol. The maximum absolute atomic E-state index is 12.4. The lowest BCUT2D eigenvalue weighted by molar-refractivity contribution is 0.0938. The molecule has 0 bridgehead atoms. The van der Waals surface area contributed by atoms with E-state index in [1.54, 1.807) is 24.3 Å². The first-order valence-corrected chi connectivity index (χ1v) is 14.5. The molecule has 0 heterocycles. The lowest BCUT2D eigenvalue weighted by Crippen LogP contribution is -2.34. The maximum Gasteiger partial charge on any atom is 0.251 e. The van der Waals surface area contributed by atoms with E-state index >= 15 is 0 Å². The minimum atomic E-state index is -0.0914. The Hall–Kier alpha value is -1.92. The van der Waals surface area contributed by atoms with E-state index in [-0.39, 0.29) is 11.8 Å². The first-order chi connectivity index (χ1) is 17.5. The third kappa shape index (κ3) is 15.9. The van der Waals surface area contributed by atoms with Crippen LogP contribution in [0.2, 0.25) is 0 Å². The van der Waals surface area contributed by atoms with Crippen molar-refractivity contribution in [2.45, 2.75) is 90.9 Å². The highest BCUT2D eigenvalue weighted by Crippen LogP contribution is 2.07. The number of rotatable bonds is 22. The van der Waals surface area contributed by atoms with Crippen LogP contribution in [0.15, 0.2) is 24.3 Å². The molecule has 0 spiro atoms. The van der Waals surface area contributed by atoms with Gasteiger partial charge < -0.3 is 20.4 Å². The van der Waals surface area contributed by atoms with Gasteiger partial charge in [-0.1, -0.05) is 78.1 Å². The number of benzene rings is 1. The number of amides is 2. The summed E-state index contributed by atoms with van der Waals surface area (Å²) in [5, 5.41) is 5.98. The molecule has 0 saturated carbocycles. The van der Waals surface area contributed by atoms with Crippen LogP contribution in [0.1, 0.15) is 112 Å². The van der Waals surface area contributed by atoms with E-state index in [9.17, 15) is 9.59 Å². The van der Waals surface area contributed by atoms with Crippen molar-refractivity contribution in [2.24, 2.45) is 0 Å². The molecular formula is C30H54N4O2. The molecule has 2 N–H and O–H groups in total. The molecule has 0 aromatic heterocycles. The van der Waals surface area contributed by atoms with Crippen LogP contribution in [0.3, 0.4) is 0 Å². The zero-order valence-electron chi connectivity index (χ0n) is 23.7. The third-order valence-corrected chi connectivity index (χ3v) is 6.75. The van der Waals surface area contributed by atoms with Gasteiger partial charge in [-0.25, -0.2) is 0 Å². The van der Waals surface area contributed by atoms with E-state index in [4.69, 9.17) is 0 Å². The summed E-state index contributed by atoms with van der Waals surface area (Å²) < 4.78 is 0. The van der Waals surface area contributed by atoms with E-state index in [1.165, 1.54) is 77.0 Å². The van der Waals surface area contributed by atoms with E-state index in [0.717, 1.165) is 26.2 Å². The fourth-order valence-corrected chi connectivity index (χ4v) is 4.25. The van der Waals surface area contributed by atoms with Crippen molar-refractivity contribution in [3.8, 4) is 0 Å². The van der Waals surface area contributed by atoms with Crippen LogP contribution < -0.4 is 10.6 Å². The van der Waals surface area contributed by atoms with Crippen molar-refractivity contribution in [3.05, 3.63) is 35.4 Å². The number of hydrogen-bond donors (Lipinski definition) is 2. The summed E-state index contributed by atoms with van der Waals surface area (Å²) in [7, 11) is 4.22. The molecule has 0 radical (unpaired) electrons. The van der Waals surface area contributed by atoms with Gasteiger partial charge in [0, 0.05) is 37.3 Å². The largest absolute Gasteiger partial charge is 0.351 e. The zero-order chi connectivity index (χ0) is 26.4. The molecule has 1 aromatic carbocycles. The third-order valence-electron chi connectivity index (χ3n) is 6.75. The van der Waals surface area contributed by atoms with Gasteiger partial charge in [0.15, 0.2) is 0 Å². The topological polar surface area (TPSA) is 64.7 Å². The van der Waals surface area contributed by atoms with Crippen molar-refractivity contribution in [3.63, 3.8) is 0 Å². The Bertz CT molecular complexity index is 634. The quantitative estimate of drug-likeness (QED) is 0.199. The van der Waals surface area contributed by atoms with Crippen molar-refractivity contribution < 1.29 is 9.59 Å². The fourth-order valence-electron chi connectivity index (χ4n) is 4.25. The lowest BCUT2D eigenvalue weighted by Gasteiger charge is -2.17. The van der Waals surface area contributed by atoms with E-state index in [2.05, 4.69) is 48.4 Å². The Balaban J connectivity index is 2.19. The highest BCUT2D eigenvalue weighted by atomic mass is 16.2. The second-order valence-corrected chi connectivity index (χ2v) is 10.2. The maximum atomic E-state index is 12.4. The molecule has 0 saturated heterocycles. The van der Waals surface area contributed by atoms with Crippen molar-refractivity contribution in [1.29, 1.82) is 0 Å². The summed E-state index contributed by atoms with van der Waals surface area (Å²) in [5.41, 5.74) is 1.17. The number of likely N-dealkylation sites (N-methyl/N-ethyl adjacent to an activating group) is 2. The summed E-state index contributed by atoms with van der Waals surface area (Å²) in [6.45, 7) is 9.56. The molecule has 0 atom stereocenters. The van der Waals surface area contributed by atoms with Crippen LogP contribution in [-0.4, -0.2) is 75.0 Å². The fraction of sp³-hybridized carbons (Fsp3) is 0.733. The molecule has 206 valence electrons. The normalized spacial score (nSPS) is 11.3. The van der Waals surface area contributed by atoms with E-state index in [0.29, 0.717) is 24.2 Å². The van der Waals surface area contributed by atoms with Gasteiger partial charge in [-0.3, -0.25) is 9.59 Å². The summed E-state index contributed by atoms with van der Waals surface area (Å²) >= 11 is 0. The average molecular weight is 503 g/mol. The Morgan fingerprint density at radius 2 is 0.889 bits per heavy atom. The highest BCUT2D eigenvalue weighted by molar-refractivity contribution is 5.97. The second kappa shape index (κ2) is 21.2. The summed E-state index contributed by atoms with van der Waals surface area (Å²) in [5.74, 6) is -0.183. The van der Waals surface area contributed by atoms with Crippen LogP contribution >= 0.6 is 0 Å². The molecule has 0 fully saturated rings. The van der Waals surface area contributed by atoms with Crippen LogP contribution in [-0.2, 0) is 0 Å². The minimum absolute atomic E-state index is 0.0914. The first-order valence-electron chi connectivity index (χ1n) is 14.5. The molecule has 0 aliphatic carbocycles. The number of nitrogens with zero attached hydrogens (tertiary/aromatic N) is 2. The molecule has 1 rings (SSSR count). The Kier molecular flexibility index (Phi) is 18.9. The molecule has 0 aliphatic rings. The monoisotopic (exact) mass is 502 g/mol. The highest BCUT2D eigenvalue weighted by Gasteiger charge is 2.09. The first kappa shape index (κ1) is 32.1. The Morgan fingerprint density at radius 3 is 1.25 bits per heavy atom. The molecule has 0 unspecified atom stereocenters. The predicted molar refractivity (Wildman–Crippen MR) is 153 cm³/mol. The second-order valence-electron chi connectivity index (χ2n) is 10.2. The summed E-state index contributed by atoms with van der Waals surface area (Å²) in [6.07, 6.45) is 15.6. The molecule has 1 aromatic rings. The lowest BCUT2D eigenvalue weighted by atomic mass is 10.1. The number of unbranched alkanes of at least 4 members (excludes halogenated alkanes) is 10. The molecule has 6 heteroatoms. The number of nitrogens with one attached hydrogen (secondary N) is 2. The van der Waals surface area contributed by atoms with Crippen LogP contribution in [0, 0.1) is 0 Å². The SMILES string of the molecule is CCCCCCCCN(C)CCNC(=O)c1ccc(C(=O)NCCN(C)CCCCCCCC)cc1. The molecule has 6 nitrogen and oxygen atoms in total. The van der Waals surface area contributed by atoms with Gasteiger partial charge in [-0.05, 0) is 64.3 Å². The standard InChI is InChI=1S/C30H54N4O2/c1-5-7-9-11-13-15-23-33(3)25-21-31-29(35)27-17-19-28(20-18-27)30(36)32-22-26-34(4)24-16-14-12-10-8-6-2/h17-20H,5-16,21-26H2,1-4H3,(H,31,35)(H,32,36). The van der Waals surface area contributed by atoms with Gasteiger partial charge in [0.05, 0.1) is 0 Å². The average Bonchev–Trinajstić information content (AvgIpc) is 2.88. The molecule has 2 amide bonds. The van der Waals surface area contributed by atoms with Gasteiger partial charge in [0.1, 0.15) is 0 Å². The van der Waals surface area contributed by atoms with Gasteiger partial charge in [-0.15, -0.1) is 0 Å². The number of hydrogen-bond acceptors (Lipinski definition) is 4. The van der Waals surface area contributed by atoms with Crippen LogP contribution in [0.5, 0.6) is 0 Å². The van der Waals surface area contributed by atoms with E-state index in [1.807, 2.05) is 0 Å². The van der Waals surface area contributed by atoms with Gasteiger partial charge >= 0.3 is 0 Å². The molecule has 0 aliphatic heterocycles. The van der Waals surface area contributed by atoms with Gasteiger partial charge in [0.25, 0.3) is 11.8 Å². The van der Waals surface area contributed by atoms with Crippen molar-refractivity contribution >= 4 is 11.8 Å². The van der Waals surface area contributed by atoms with Crippen molar-refractivity contribution in [2.75, 3.05) is 53.4 Å².